The summed E-state index contributed by atoms with van der Waals surface area (Å²) >= 11 is 5.68. The maximum absolute atomic E-state index is 14.0. The number of rotatable bonds is 2. The molecule has 0 amide bonds. The van der Waals surface area contributed by atoms with Gasteiger partial charge in [0.15, 0.2) is 5.82 Å². The normalized spacial score (nSPS) is 24.5. The number of aromatic nitrogens is 2. The third kappa shape index (κ3) is 2.03. The van der Waals surface area contributed by atoms with Gasteiger partial charge in [0, 0.05) is 24.5 Å². The first-order valence-corrected chi connectivity index (χ1v) is 6.67. The van der Waals surface area contributed by atoms with Gasteiger partial charge in [-0.1, -0.05) is 11.6 Å². The molecular weight excluding hydrogens is 271 g/mol. The van der Waals surface area contributed by atoms with E-state index in [2.05, 4.69) is 14.9 Å². The van der Waals surface area contributed by atoms with Crippen LogP contribution < -0.4 is 10.6 Å². The molecule has 2 fully saturated rings. The lowest BCUT2D eigenvalue weighted by atomic mass is 10.0. The zero-order valence-electron chi connectivity index (χ0n) is 10.9. The minimum Gasteiger partial charge on any atom is -0.352 e. The van der Waals surface area contributed by atoms with Gasteiger partial charge in [-0.05, 0) is 26.9 Å². The van der Waals surface area contributed by atoms with Crippen molar-refractivity contribution < 1.29 is 4.39 Å². The van der Waals surface area contributed by atoms with Crippen molar-refractivity contribution in [3.05, 3.63) is 21.5 Å². The van der Waals surface area contributed by atoms with Crippen LogP contribution in [0.15, 0.2) is 4.79 Å². The Hall–Kier alpha value is -1.14. The molecule has 1 unspecified atom stereocenters. The second-order valence-electron chi connectivity index (χ2n) is 5.72. The molecule has 0 aromatic carbocycles. The van der Waals surface area contributed by atoms with Crippen LogP contribution in [0.2, 0.25) is 5.15 Å². The molecule has 2 heterocycles. The lowest BCUT2D eigenvalue weighted by Gasteiger charge is -2.24. The molecule has 19 heavy (non-hydrogen) atoms. The number of hydrogen-bond donors (Lipinski definition) is 1. The summed E-state index contributed by atoms with van der Waals surface area (Å²) in [6.07, 6.45) is 2.29. The summed E-state index contributed by atoms with van der Waals surface area (Å²) in [6, 6.07) is 0.367. The number of halogens is 2. The van der Waals surface area contributed by atoms with E-state index >= 15 is 0 Å². The first kappa shape index (κ1) is 12.9. The van der Waals surface area contributed by atoms with E-state index in [0.29, 0.717) is 12.6 Å². The van der Waals surface area contributed by atoms with Gasteiger partial charge >= 0.3 is 5.69 Å². The Bertz CT molecular complexity index is 569. The molecule has 1 aliphatic carbocycles. The van der Waals surface area contributed by atoms with Gasteiger partial charge in [0.2, 0.25) is 5.82 Å². The largest absolute Gasteiger partial charge is 0.352 e. The van der Waals surface area contributed by atoms with Gasteiger partial charge in [-0.25, -0.2) is 4.79 Å². The number of nitrogens with zero attached hydrogens (tertiary/aromatic N) is 3. The predicted octanol–water partition coefficient (Wildman–Crippen LogP) is 1.09. The second kappa shape index (κ2) is 4.18. The standard InChI is InChI=1S/C12H16ClFN4O/c1-17(2)7-5-18(6-12(7)3-4-12)10-8(14)9(13)15-11(19)16-10/h7H,3-6H2,1-2H3,(H,15,16,19). The van der Waals surface area contributed by atoms with Gasteiger partial charge in [-0.3, -0.25) is 4.98 Å². The molecule has 3 rings (SSSR count). The zero-order valence-corrected chi connectivity index (χ0v) is 11.7. The summed E-state index contributed by atoms with van der Waals surface area (Å²) in [4.78, 5) is 21.3. The number of aromatic amines is 1. The van der Waals surface area contributed by atoms with Crippen LogP contribution >= 0.6 is 11.6 Å². The van der Waals surface area contributed by atoms with E-state index < -0.39 is 11.5 Å². The molecule has 1 saturated carbocycles. The Morgan fingerprint density at radius 3 is 2.74 bits per heavy atom. The van der Waals surface area contributed by atoms with Crippen LogP contribution in [0, 0.1) is 11.2 Å². The van der Waals surface area contributed by atoms with Crippen LogP contribution in [0.25, 0.3) is 0 Å². The van der Waals surface area contributed by atoms with Crippen molar-refractivity contribution in [1.82, 2.24) is 14.9 Å². The van der Waals surface area contributed by atoms with Crippen LogP contribution in [0.4, 0.5) is 10.2 Å². The Kier molecular flexibility index (Phi) is 2.83. The van der Waals surface area contributed by atoms with Gasteiger partial charge in [0.05, 0.1) is 0 Å². The Balaban J connectivity index is 1.95. The fraction of sp³-hybridized carbons (Fsp3) is 0.667. The Morgan fingerprint density at radius 1 is 1.53 bits per heavy atom. The first-order chi connectivity index (χ1) is 8.93. The van der Waals surface area contributed by atoms with Gasteiger partial charge in [-0.15, -0.1) is 0 Å². The first-order valence-electron chi connectivity index (χ1n) is 6.30. The van der Waals surface area contributed by atoms with Crippen molar-refractivity contribution >= 4 is 17.4 Å². The number of likely N-dealkylation sites (N-methyl/N-ethyl adjacent to an activating group) is 1. The number of H-pyrrole nitrogens is 1. The fourth-order valence-corrected chi connectivity index (χ4v) is 3.27. The number of hydrogen-bond acceptors (Lipinski definition) is 4. The molecule has 1 spiro atoms. The van der Waals surface area contributed by atoms with Crippen LogP contribution in [0.3, 0.4) is 0 Å². The highest BCUT2D eigenvalue weighted by Gasteiger charge is 2.56. The van der Waals surface area contributed by atoms with E-state index in [9.17, 15) is 9.18 Å². The van der Waals surface area contributed by atoms with Crippen LogP contribution in [0.5, 0.6) is 0 Å². The van der Waals surface area contributed by atoms with Crippen molar-refractivity contribution in [2.45, 2.75) is 18.9 Å². The molecule has 0 bridgehead atoms. The van der Waals surface area contributed by atoms with Crippen molar-refractivity contribution in [2.75, 3.05) is 32.1 Å². The van der Waals surface area contributed by atoms with E-state index in [1.54, 1.807) is 0 Å². The predicted molar refractivity (Wildman–Crippen MR) is 71.2 cm³/mol. The summed E-state index contributed by atoms with van der Waals surface area (Å²) in [5.41, 5.74) is -0.383. The van der Waals surface area contributed by atoms with Gasteiger partial charge < -0.3 is 9.80 Å². The van der Waals surface area contributed by atoms with Crippen molar-refractivity contribution in [2.24, 2.45) is 5.41 Å². The van der Waals surface area contributed by atoms with E-state index in [0.717, 1.165) is 19.4 Å². The third-order valence-corrected chi connectivity index (χ3v) is 4.49. The molecular formula is C12H16ClFN4O. The highest BCUT2D eigenvalue weighted by atomic mass is 35.5. The molecule has 1 aromatic rings. The fourth-order valence-electron chi connectivity index (χ4n) is 3.11. The molecule has 5 nitrogen and oxygen atoms in total. The summed E-state index contributed by atoms with van der Waals surface area (Å²) in [5.74, 6) is -0.569. The molecule has 1 atom stereocenters. The highest BCUT2D eigenvalue weighted by molar-refractivity contribution is 6.29. The Labute approximate surface area is 115 Å². The SMILES string of the molecule is CN(C)C1CN(c2nc(=O)[nH]c(Cl)c2F)CC12CC2. The second-order valence-corrected chi connectivity index (χ2v) is 6.09. The van der Waals surface area contributed by atoms with Crippen molar-refractivity contribution in [3.63, 3.8) is 0 Å². The molecule has 1 aliphatic heterocycles. The molecule has 1 aromatic heterocycles. The lowest BCUT2D eigenvalue weighted by molar-refractivity contribution is 0.241. The Morgan fingerprint density at radius 2 is 2.21 bits per heavy atom. The maximum atomic E-state index is 14.0. The maximum Gasteiger partial charge on any atom is 0.348 e. The van der Waals surface area contributed by atoms with E-state index in [1.165, 1.54) is 0 Å². The van der Waals surface area contributed by atoms with E-state index in [4.69, 9.17) is 11.6 Å². The average molecular weight is 287 g/mol. The molecule has 0 radical (unpaired) electrons. The summed E-state index contributed by atoms with van der Waals surface area (Å²) < 4.78 is 14.0. The summed E-state index contributed by atoms with van der Waals surface area (Å²) in [7, 11) is 4.06. The minimum absolute atomic E-state index is 0.0735. The minimum atomic E-state index is -0.642. The summed E-state index contributed by atoms with van der Waals surface area (Å²) in [6.45, 7) is 1.41. The van der Waals surface area contributed by atoms with Crippen LogP contribution in [0.1, 0.15) is 12.8 Å². The van der Waals surface area contributed by atoms with Crippen LogP contribution in [-0.2, 0) is 0 Å². The number of anilines is 1. The molecule has 1 saturated heterocycles. The average Bonchev–Trinajstić information content (AvgIpc) is 2.97. The molecule has 2 aliphatic rings. The molecule has 104 valence electrons. The smallest absolute Gasteiger partial charge is 0.348 e. The van der Waals surface area contributed by atoms with E-state index in [-0.39, 0.29) is 16.4 Å². The highest BCUT2D eigenvalue weighted by Crippen LogP contribution is 2.54. The lowest BCUT2D eigenvalue weighted by Crippen LogP contribution is -2.36. The van der Waals surface area contributed by atoms with Gasteiger partial charge in [0.25, 0.3) is 0 Å². The van der Waals surface area contributed by atoms with E-state index in [1.807, 2.05) is 19.0 Å². The van der Waals surface area contributed by atoms with Gasteiger partial charge in [-0.2, -0.15) is 9.37 Å². The number of nitrogens with one attached hydrogen (secondary N) is 1. The van der Waals surface area contributed by atoms with Crippen LogP contribution in [-0.4, -0.2) is 48.1 Å². The molecule has 7 heteroatoms. The third-order valence-electron chi connectivity index (χ3n) is 4.23. The monoisotopic (exact) mass is 286 g/mol. The van der Waals surface area contributed by atoms with Gasteiger partial charge in [0.1, 0.15) is 5.15 Å². The topological polar surface area (TPSA) is 52.2 Å². The molecule has 1 N–H and O–H groups in total. The van der Waals surface area contributed by atoms with Crippen molar-refractivity contribution in [3.8, 4) is 0 Å². The van der Waals surface area contributed by atoms with Crippen molar-refractivity contribution in [1.29, 1.82) is 0 Å². The quantitative estimate of drug-likeness (QED) is 0.827. The zero-order chi connectivity index (χ0) is 13.8. The summed E-state index contributed by atoms with van der Waals surface area (Å²) in [5, 5.41) is -0.270.